The number of hydrogen-bond acceptors (Lipinski definition) is 4. The summed E-state index contributed by atoms with van der Waals surface area (Å²) in [6.45, 7) is 11.6. The summed E-state index contributed by atoms with van der Waals surface area (Å²) < 4.78 is 28.9. The number of nitrogens with one attached hydrogen (secondary N) is 1. The SMILES string of the molecule is Cc1ccc(CN(C(=O)CN(c2cccc(C)c2)S(=O)(=O)c2ccc(C)cc2)C(C)C(=O)NCC(C)C)cc1. The van der Waals surface area contributed by atoms with Crippen molar-refractivity contribution in [3.05, 3.63) is 95.1 Å². The molecule has 39 heavy (non-hydrogen) atoms. The van der Waals surface area contributed by atoms with E-state index in [2.05, 4.69) is 5.32 Å². The second kappa shape index (κ2) is 12.9. The van der Waals surface area contributed by atoms with Crippen LogP contribution in [0.4, 0.5) is 5.69 Å². The lowest BCUT2D eigenvalue weighted by Gasteiger charge is -2.32. The summed E-state index contributed by atoms with van der Waals surface area (Å²) >= 11 is 0. The van der Waals surface area contributed by atoms with E-state index < -0.39 is 28.5 Å². The molecule has 0 bridgehead atoms. The third-order valence-electron chi connectivity index (χ3n) is 6.50. The number of sulfonamides is 1. The Morgan fingerprint density at radius 2 is 1.41 bits per heavy atom. The molecule has 0 fully saturated rings. The average molecular weight is 550 g/mol. The molecule has 1 unspecified atom stereocenters. The Balaban J connectivity index is 2.01. The summed E-state index contributed by atoms with van der Waals surface area (Å²) in [4.78, 5) is 28.5. The van der Waals surface area contributed by atoms with Crippen molar-refractivity contribution in [2.24, 2.45) is 5.92 Å². The first-order chi connectivity index (χ1) is 18.4. The fourth-order valence-electron chi connectivity index (χ4n) is 4.07. The van der Waals surface area contributed by atoms with Crippen LogP contribution in [0.3, 0.4) is 0 Å². The zero-order chi connectivity index (χ0) is 28.7. The molecule has 0 aliphatic rings. The van der Waals surface area contributed by atoms with E-state index in [1.54, 1.807) is 49.4 Å². The van der Waals surface area contributed by atoms with Crippen molar-refractivity contribution < 1.29 is 18.0 Å². The fraction of sp³-hybridized carbons (Fsp3) is 0.355. The Morgan fingerprint density at radius 1 is 0.821 bits per heavy atom. The Kier molecular flexibility index (Phi) is 9.92. The molecule has 8 heteroatoms. The summed E-state index contributed by atoms with van der Waals surface area (Å²) in [6, 6.07) is 20.5. The molecule has 3 rings (SSSR count). The lowest BCUT2D eigenvalue weighted by atomic mass is 10.1. The molecule has 0 aliphatic carbocycles. The Morgan fingerprint density at radius 3 is 1.97 bits per heavy atom. The van der Waals surface area contributed by atoms with Crippen LogP contribution in [0.1, 0.15) is 43.0 Å². The molecule has 1 N–H and O–H groups in total. The van der Waals surface area contributed by atoms with E-state index in [1.807, 2.05) is 65.0 Å². The minimum absolute atomic E-state index is 0.0928. The molecule has 0 radical (unpaired) electrons. The molecule has 0 saturated heterocycles. The molecule has 2 amide bonds. The number of carbonyl (C=O) groups excluding carboxylic acids is 2. The lowest BCUT2D eigenvalue weighted by molar-refractivity contribution is -0.139. The normalized spacial score (nSPS) is 12.2. The minimum Gasteiger partial charge on any atom is -0.354 e. The van der Waals surface area contributed by atoms with Crippen molar-refractivity contribution in [3.63, 3.8) is 0 Å². The summed E-state index contributed by atoms with van der Waals surface area (Å²) in [7, 11) is -4.08. The number of nitrogens with zero attached hydrogens (tertiary/aromatic N) is 2. The van der Waals surface area contributed by atoms with E-state index >= 15 is 0 Å². The van der Waals surface area contributed by atoms with Gasteiger partial charge in [-0.3, -0.25) is 13.9 Å². The summed E-state index contributed by atoms with van der Waals surface area (Å²) in [5.74, 6) is -0.508. The van der Waals surface area contributed by atoms with Crippen LogP contribution in [0, 0.1) is 26.7 Å². The molecule has 0 heterocycles. The molecule has 208 valence electrons. The van der Waals surface area contributed by atoms with Gasteiger partial charge in [-0.05, 0) is 69.0 Å². The maximum atomic E-state index is 13.9. The number of amides is 2. The zero-order valence-electron chi connectivity index (χ0n) is 23.6. The highest BCUT2D eigenvalue weighted by molar-refractivity contribution is 7.92. The van der Waals surface area contributed by atoms with Crippen LogP contribution in [-0.2, 0) is 26.2 Å². The highest BCUT2D eigenvalue weighted by atomic mass is 32.2. The van der Waals surface area contributed by atoms with Gasteiger partial charge < -0.3 is 10.2 Å². The number of hydrogen-bond donors (Lipinski definition) is 1. The number of carbonyl (C=O) groups is 2. The Hall–Kier alpha value is -3.65. The van der Waals surface area contributed by atoms with Crippen molar-refractivity contribution in [1.29, 1.82) is 0 Å². The molecular weight excluding hydrogens is 510 g/mol. The van der Waals surface area contributed by atoms with Crippen molar-refractivity contribution in [2.75, 3.05) is 17.4 Å². The van der Waals surface area contributed by atoms with Gasteiger partial charge in [0.1, 0.15) is 12.6 Å². The van der Waals surface area contributed by atoms with Gasteiger partial charge in [-0.2, -0.15) is 0 Å². The van der Waals surface area contributed by atoms with Gasteiger partial charge in [0.05, 0.1) is 10.6 Å². The molecule has 0 aliphatic heterocycles. The quantitative estimate of drug-likeness (QED) is 0.365. The van der Waals surface area contributed by atoms with Crippen LogP contribution in [-0.4, -0.2) is 44.3 Å². The van der Waals surface area contributed by atoms with Gasteiger partial charge in [0, 0.05) is 13.1 Å². The molecule has 1 atom stereocenters. The van der Waals surface area contributed by atoms with Crippen molar-refractivity contribution in [3.8, 4) is 0 Å². The van der Waals surface area contributed by atoms with E-state index in [1.165, 1.54) is 4.90 Å². The van der Waals surface area contributed by atoms with Crippen LogP contribution in [0.5, 0.6) is 0 Å². The van der Waals surface area contributed by atoms with Crippen LogP contribution in [0.15, 0.2) is 77.7 Å². The number of rotatable bonds is 11. The van der Waals surface area contributed by atoms with Gasteiger partial charge in [-0.25, -0.2) is 8.42 Å². The van der Waals surface area contributed by atoms with Gasteiger partial charge in [-0.1, -0.05) is 73.5 Å². The van der Waals surface area contributed by atoms with Crippen molar-refractivity contribution in [2.45, 2.75) is 59.0 Å². The minimum atomic E-state index is -4.08. The first-order valence-electron chi connectivity index (χ1n) is 13.2. The van der Waals surface area contributed by atoms with Gasteiger partial charge >= 0.3 is 0 Å². The second-order valence-electron chi connectivity index (χ2n) is 10.5. The van der Waals surface area contributed by atoms with Gasteiger partial charge in [0.15, 0.2) is 0 Å². The highest BCUT2D eigenvalue weighted by Gasteiger charge is 2.32. The smallest absolute Gasteiger partial charge is 0.264 e. The summed E-state index contributed by atoms with van der Waals surface area (Å²) in [5.41, 5.74) is 4.10. The van der Waals surface area contributed by atoms with Gasteiger partial charge in [-0.15, -0.1) is 0 Å². The molecule has 3 aromatic carbocycles. The second-order valence-corrected chi connectivity index (χ2v) is 12.3. The van der Waals surface area contributed by atoms with E-state index in [0.717, 1.165) is 26.6 Å². The van der Waals surface area contributed by atoms with Crippen molar-refractivity contribution in [1.82, 2.24) is 10.2 Å². The number of benzene rings is 3. The molecule has 3 aromatic rings. The van der Waals surface area contributed by atoms with E-state index in [4.69, 9.17) is 0 Å². The molecule has 0 saturated carbocycles. The van der Waals surface area contributed by atoms with Crippen molar-refractivity contribution >= 4 is 27.5 Å². The van der Waals surface area contributed by atoms with Crippen LogP contribution >= 0.6 is 0 Å². The zero-order valence-corrected chi connectivity index (χ0v) is 24.5. The largest absolute Gasteiger partial charge is 0.354 e. The standard InChI is InChI=1S/C31H39N3O4S/c1-22(2)19-32-31(36)26(6)33(20-27-14-10-23(3)11-15-27)30(35)21-34(28-9-7-8-25(5)18-28)39(37,38)29-16-12-24(4)13-17-29/h7-18,22,26H,19-21H2,1-6H3,(H,32,36). The van der Waals surface area contributed by atoms with E-state index in [9.17, 15) is 18.0 Å². The van der Waals surface area contributed by atoms with Crippen LogP contribution in [0.25, 0.3) is 0 Å². The topological polar surface area (TPSA) is 86.8 Å². The predicted octanol–water partition coefficient (Wildman–Crippen LogP) is 5.00. The first kappa shape index (κ1) is 29.9. The van der Waals surface area contributed by atoms with Crippen LogP contribution < -0.4 is 9.62 Å². The Bertz CT molecular complexity index is 1380. The van der Waals surface area contributed by atoms with E-state index in [0.29, 0.717) is 12.2 Å². The predicted molar refractivity (Wildman–Crippen MR) is 156 cm³/mol. The third-order valence-corrected chi connectivity index (χ3v) is 8.29. The molecule has 0 spiro atoms. The highest BCUT2D eigenvalue weighted by Crippen LogP contribution is 2.25. The van der Waals surface area contributed by atoms with Gasteiger partial charge in [0.2, 0.25) is 11.8 Å². The van der Waals surface area contributed by atoms with Crippen LogP contribution in [0.2, 0.25) is 0 Å². The maximum absolute atomic E-state index is 13.9. The summed E-state index contributed by atoms with van der Waals surface area (Å²) in [6.07, 6.45) is 0. The average Bonchev–Trinajstić information content (AvgIpc) is 2.89. The fourth-order valence-corrected chi connectivity index (χ4v) is 5.48. The third kappa shape index (κ3) is 7.93. The number of anilines is 1. The van der Waals surface area contributed by atoms with Gasteiger partial charge in [0.25, 0.3) is 10.0 Å². The lowest BCUT2D eigenvalue weighted by Crippen LogP contribution is -2.51. The first-order valence-corrected chi connectivity index (χ1v) is 14.6. The monoisotopic (exact) mass is 549 g/mol. The number of aryl methyl sites for hydroxylation is 3. The van der Waals surface area contributed by atoms with E-state index in [-0.39, 0.29) is 23.3 Å². The molecule has 0 aromatic heterocycles. The molecule has 7 nitrogen and oxygen atoms in total. The molecular formula is C31H39N3O4S. The Labute approximate surface area is 232 Å². The maximum Gasteiger partial charge on any atom is 0.264 e. The summed E-state index contributed by atoms with van der Waals surface area (Å²) in [5, 5.41) is 2.90.